The second-order valence-corrected chi connectivity index (χ2v) is 5.30. The van der Waals surface area contributed by atoms with Gasteiger partial charge in [-0.05, 0) is 46.2 Å². The van der Waals surface area contributed by atoms with Crippen LogP contribution in [0.2, 0.25) is 0 Å². The normalized spacial score (nSPS) is 14.2. The van der Waals surface area contributed by atoms with E-state index in [0.717, 1.165) is 12.2 Å². The van der Waals surface area contributed by atoms with Crippen molar-refractivity contribution in [1.82, 2.24) is 20.1 Å². The Morgan fingerprint density at radius 2 is 2.00 bits per heavy atom. The van der Waals surface area contributed by atoms with E-state index >= 15 is 0 Å². The van der Waals surface area contributed by atoms with Crippen molar-refractivity contribution in [3.8, 4) is 0 Å². The monoisotopic (exact) mass is 272 g/mol. The number of aryl methyl sites for hydroxylation is 2. The molecular formula is C16H24N4. The van der Waals surface area contributed by atoms with Crippen molar-refractivity contribution in [3.63, 3.8) is 0 Å². The fraction of sp³-hybridized carbons (Fsp3) is 0.500. The van der Waals surface area contributed by atoms with Crippen LogP contribution in [0.4, 0.5) is 0 Å². The van der Waals surface area contributed by atoms with Crippen LogP contribution in [0.1, 0.15) is 55.4 Å². The van der Waals surface area contributed by atoms with E-state index in [0.29, 0.717) is 0 Å². The summed E-state index contributed by atoms with van der Waals surface area (Å²) >= 11 is 0. The summed E-state index contributed by atoms with van der Waals surface area (Å²) in [6.07, 6.45) is 3.72. The lowest BCUT2D eigenvalue weighted by molar-refractivity contribution is 0.490. The minimum atomic E-state index is 0.266. The Morgan fingerprint density at radius 3 is 2.55 bits per heavy atom. The van der Waals surface area contributed by atoms with Gasteiger partial charge >= 0.3 is 0 Å². The molecule has 20 heavy (non-hydrogen) atoms. The van der Waals surface area contributed by atoms with Crippen LogP contribution in [0.15, 0.2) is 24.5 Å². The van der Waals surface area contributed by atoms with E-state index in [4.69, 9.17) is 0 Å². The summed E-state index contributed by atoms with van der Waals surface area (Å²) < 4.78 is 2.07. The number of rotatable bonds is 5. The van der Waals surface area contributed by atoms with Gasteiger partial charge in [-0.3, -0.25) is 9.67 Å². The molecule has 1 unspecified atom stereocenters. The van der Waals surface area contributed by atoms with Crippen molar-refractivity contribution < 1.29 is 0 Å². The molecule has 1 N–H and O–H groups in total. The summed E-state index contributed by atoms with van der Waals surface area (Å²) in [5.41, 5.74) is 4.88. The van der Waals surface area contributed by atoms with Gasteiger partial charge in [0.2, 0.25) is 0 Å². The standard InChI is InChI=1S/C16H24N4/c1-6-20-14(5)16(13(4)19-20)12(3)18-11(2)15-8-7-9-17-10-15/h7-12,18H,6H2,1-5H3/t11-,12?/m0/s1. The second-order valence-electron chi connectivity index (χ2n) is 5.30. The van der Waals surface area contributed by atoms with Gasteiger partial charge in [-0.1, -0.05) is 6.07 Å². The molecule has 0 aliphatic heterocycles. The highest BCUT2D eigenvalue weighted by atomic mass is 15.3. The first-order valence-corrected chi connectivity index (χ1v) is 7.24. The summed E-state index contributed by atoms with van der Waals surface area (Å²) in [5, 5.41) is 8.23. The Labute approximate surface area is 121 Å². The Morgan fingerprint density at radius 1 is 1.25 bits per heavy atom. The number of pyridine rings is 1. The van der Waals surface area contributed by atoms with Crippen LogP contribution < -0.4 is 5.32 Å². The van der Waals surface area contributed by atoms with E-state index in [2.05, 4.69) is 60.8 Å². The average molecular weight is 272 g/mol. The van der Waals surface area contributed by atoms with Crippen LogP contribution >= 0.6 is 0 Å². The maximum absolute atomic E-state index is 4.59. The quantitative estimate of drug-likeness (QED) is 0.908. The van der Waals surface area contributed by atoms with Crippen LogP contribution in [0.5, 0.6) is 0 Å². The van der Waals surface area contributed by atoms with Gasteiger partial charge in [-0.15, -0.1) is 0 Å². The molecule has 2 aromatic rings. The highest BCUT2D eigenvalue weighted by Crippen LogP contribution is 2.24. The number of nitrogens with one attached hydrogen (secondary N) is 1. The zero-order valence-electron chi connectivity index (χ0n) is 13.0. The first-order chi connectivity index (χ1) is 9.54. The van der Waals surface area contributed by atoms with E-state index < -0.39 is 0 Å². The van der Waals surface area contributed by atoms with Gasteiger partial charge < -0.3 is 5.32 Å². The zero-order chi connectivity index (χ0) is 14.7. The first kappa shape index (κ1) is 14.7. The molecule has 2 atom stereocenters. The number of hydrogen-bond acceptors (Lipinski definition) is 3. The van der Waals surface area contributed by atoms with Gasteiger partial charge in [0.1, 0.15) is 0 Å². The predicted octanol–water partition coefficient (Wildman–Crippen LogP) is 3.33. The lowest BCUT2D eigenvalue weighted by atomic mass is 10.0. The molecule has 0 amide bonds. The maximum atomic E-state index is 4.59. The molecule has 108 valence electrons. The molecule has 0 saturated heterocycles. The minimum absolute atomic E-state index is 0.266. The molecule has 0 aromatic carbocycles. The predicted molar refractivity (Wildman–Crippen MR) is 81.6 cm³/mol. The fourth-order valence-electron chi connectivity index (χ4n) is 2.83. The molecule has 4 nitrogen and oxygen atoms in total. The number of aromatic nitrogens is 3. The lowest BCUT2D eigenvalue weighted by Crippen LogP contribution is -2.23. The van der Waals surface area contributed by atoms with Gasteiger partial charge in [0.05, 0.1) is 5.69 Å². The molecule has 2 rings (SSSR count). The van der Waals surface area contributed by atoms with Crippen molar-refractivity contribution >= 4 is 0 Å². The summed E-state index contributed by atoms with van der Waals surface area (Å²) in [6.45, 7) is 11.6. The minimum Gasteiger partial charge on any atom is -0.303 e. The van der Waals surface area contributed by atoms with Crippen molar-refractivity contribution in [1.29, 1.82) is 0 Å². The Hall–Kier alpha value is -1.68. The molecule has 0 spiro atoms. The van der Waals surface area contributed by atoms with Crippen LogP contribution in [0.3, 0.4) is 0 Å². The van der Waals surface area contributed by atoms with Crippen molar-refractivity contribution in [2.75, 3.05) is 0 Å². The molecule has 2 aromatic heterocycles. The zero-order valence-corrected chi connectivity index (χ0v) is 13.0. The van der Waals surface area contributed by atoms with Gasteiger partial charge in [0.25, 0.3) is 0 Å². The molecule has 0 saturated carbocycles. The molecule has 0 aliphatic rings. The molecule has 0 radical (unpaired) electrons. The van der Waals surface area contributed by atoms with Crippen LogP contribution in [-0.2, 0) is 6.54 Å². The topological polar surface area (TPSA) is 42.7 Å². The third kappa shape index (κ3) is 2.90. The summed E-state index contributed by atoms with van der Waals surface area (Å²) in [5.74, 6) is 0. The van der Waals surface area contributed by atoms with E-state index in [-0.39, 0.29) is 12.1 Å². The number of hydrogen-bond donors (Lipinski definition) is 1. The van der Waals surface area contributed by atoms with Gasteiger partial charge in [-0.25, -0.2) is 0 Å². The number of nitrogens with zero attached hydrogens (tertiary/aromatic N) is 3. The Bertz CT molecular complexity index is 559. The summed E-state index contributed by atoms with van der Waals surface area (Å²) in [6, 6.07) is 4.61. The van der Waals surface area contributed by atoms with Gasteiger partial charge in [-0.2, -0.15) is 5.10 Å². The van der Waals surface area contributed by atoms with Gasteiger partial charge in [0.15, 0.2) is 0 Å². The van der Waals surface area contributed by atoms with E-state index in [1.165, 1.54) is 16.8 Å². The Balaban J connectivity index is 2.16. The summed E-state index contributed by atoms with van der Waals surface area (Å²) in [7, 11) is 0. The SMILES string of the molecule is CCn1nc(C)c(C(C)N[C@@H](C)c2cccnc2)c1C. The summed E-state index contributed by atoms with van der Waals surface area (Å²) in [4.78, 5) is 4.18. The second kappa shape index (κ2) is 6.18. The smallest absolute Gasteiger partial charge is 0.0644 e. The first-order valence-electron chi connectivity index (χ1n) is 7.24. The molecule has 0 fully saturated rings. The molecule has 4 heteroatoms. The van der Waals surface area contributed by atoms with E-state index in [1.807, 2.05) is 12.3 Å². The van der Waals surface area contributed by atoms with E-state index in [1.54, 1.807) is 6.20 Å². The van der Waals surface area contributed by atoms with Crippen molar-refractivity contribution in [2.45, 2.75) is 53.2 Å². The maximum Gasteiger partial charge on any atom is 0.0644 e. The molecule has 0 bridgehead atoms. The van der Waals surface area contributed by atoms with Crippen LogP contribution in [0.25, 0.3) is 0 Å². The largest absolute Gasteiger partial charge is 0.303 e. The van der Waals surface area contributed by atoms with E-state index in [9.17, 15) is 0 Å². The lowest BCUT2D eigenvalue weighted by Gasteiger charge is -2.21. The molecule has 2 heterocycles. The average Bonchev–Trinajstić information content (AvgIpc) is 2.74. The van der Waals surface area contributed by atoms with Crippen LogP contribution in [0, 0.1) is 13.8 Å². The third-order valence-corrected chi connectivity index (χ3v) is 3.85. The van der Waals surface area contributed by atoms with Gasteiger partial charge in [0, 0.05) is 42.3 Å². The molecule has 0 aliphatic carbocycles. The highest BCUT2D eigenvalue weighted by Gasteiger charge is 2.18. The molecular weight excluding hydrogens is 248 g/mol. The highest BCUT2D eigenvalue weighted by molar-refractivity contribution is 5.28. The fourth-order valence-corrected chi connectivity index (χ4v) is 2.83. The van der Waals surface area contributed by atoms with Crippen LogP contribution in [-0.4, -0.2) is 14.8 Å². The third-order valence-electron chi connectivity index (χ3n) is 3.85. The Kier molecular flexibility index (Phi) is 4.55. The van der Waals surface area contributed by atoms with Crippen molar-refractivity contribution in [2.24, 2.45) is 0 Å². The van der Waals surface area contributed by atoms with Crippen molar-refractivity contribution in [3.05, 3.63) is 47.0 Å².